The van der Waals surface area contributed by atoms with Gasteiger partial charge in [0.25, 0.3) is 0 Å². The molecule has 2 aromatic rings. The van der Waals surface area contributed by atoms with Gasteiger partial charge in [-0.15, -0.1) is 12.4 Å². The standard InChI is InChI=1S/C18H19NO3.ClH/c1-2-9-20-16-6-4-3-5-14(16)13-19-15-7-8-17-18(12-15)22-11-10-21-17;/h2-8,12,19H,1,9-11,13H2;1H. The van der Waals surface area contributed by atoms with E-state index < -0.39 is 0 Å². The zero-order chi connectivity index (χ0) is 15.2. The quantitative estimate of drug-likeness (QED) is 0.809. The summed E-state index contributed by atoms with van der Waals surface area (Å²) in [6.07, 6.45) is 1.74. The van der Waals surface area contributed by atoms with Crippen molar-refractivity contribution in [2.45, 2.75) is 6.54 Å². The van der Waals surface area contributed by atoms with Crippen LogP contribution in [0.4, 0.5) is 5.69 Å². The van der Waals surface area contributed by atoms with Crippen LogP contribution in [0.1, 0.15) is 5.56 Å². The topological polar surface area (TPSA) is 39.7 Å². The van der Waals surface area contributed by atoms with Crippen LogP contribution in [-0.2, 0) is 6.54 Å². The predicted molar refractivity (Wildman–Crippen MR) is 94.1 cm³/mol. The summed E-state index contributed by atoms with van der Waals surface area (Å²) in [7, 11) is 0. The van der Waals surface area contributed by atoms with E-state index in [1.54, 1.807) is 6.08 Å². The summed E-state index contributed by atoms with van der Waals surface area (Å²) in [4.78, 5) is 0. The van der Waals surface area contributed by atoms with Crippen LogP contribution in [0.5, 0.6) is 17.2 Å². The number of fused-ring (bicyclic) bond motifs is 1. The van der Waals surface area contributed by atoms with Gasteiger partial charge in [0.1, 0.15) is 25.6 Å². The van der Waals surface area contributed by atoms with Gasteiger partial charge >= 0.3 is 0 Å². The van der Waals surface area contributed by atoms with Crippen molar-refractivity contribution in [1.82, 2.24) is 0 Å². The Morgan fingerprint density at radius 3 is 2.70 bits per heavy atom. The molecule has 0 aliphatic carbocycles. The average molecular weight is 334 g/mol. The first-order valence-electron chi connectivity index (χ1n) is 7.32. The van der Waals surface area contributed by atoms with E-state index in [1.165, 1.54) is 0 Å². The van der Waals surface area contributed by atoms with E-state index in [9.17, 15) is 0 Å². The van der Waals surface area contributed by atoms with Gasteiger partial charge in [-0.2, -0.15) is 0 Å². The first-order valence-corrected chi connectivity index (χ1v) is 7.32. The van der Waals surface area contributed by atoms with E-state index in [4.69, 9.17) is 14.2 Å². The predicted octanol–water partition coefficient (Wildman–Crippen LogP) is 4.06. The fourth-order valence-electron chi connectivity index (χ4n) is 2.29. The van der Waals surface area contributed by atoms with E-state index in [0.717, 1.165) is 28.5 Å². The number of rotatable bonds is 6. The van der Waals surface area contributed by atoms with Gasteiger partial charge in [-0.05, 0) is 18.2 Å². The second-order valence-electron chi connectivity index (χ2n) is 4.92. The Kier molecular flexibility index (Phi) is 6.18. The van der Waals surface area contributed by atoms with Gasteiger partial charge < -0.3 is 19.5 Å². The molecule has 0 fully saturated rings. The lowest BCUT2D eigenvalue weighted by Crippen LogP contribution is -2.15. The largest absolute Gasteiger partial charge is 0.489 e. The van der Waals surface area contributed by atoms with Crippen LogP contribution in [0.2, 0.25) is 0 Å². The highest BCUT2D eigenvalue weighted by Gasteiger charge is 2.11. The summed E-state index contributed by atoms with van der Waals surface area (Å²) in [5.74, 6) is 2.45. The molecule has 1 heterocycles. The van der Waals surface area contributed by atoms with Crippen LogP contribution in [-0.4, -0.2) is 19.8 Å². The lowest BCUT2D eigenvalue weighted by atomic mass is 10.2. The number of benzene rings is 2. The lowest BCUT2D eigenvalue weighted by Gasteiger charge is -2.19. The smallest absolute Gasteiger partial charge is 0.163 e. The molecule has 0 amide bonds. The maximum absolute atomic E-state index is 5.66. The van der Waals surface area contributed by atoms with Gasteiger partial charge in [0, 0.05) is 23.9 Å². The number of halogens is 1. The summed E-state index contributed by atoms with van der Waals surface area (Å²) in [6.45, 7) is 6.05. The highest BCUT2D eigenvalue weighted by Crippen LogP contribution is 2.33. The van der Waals surface area contributed by atoms with Gasteiger partial charge in [-0.3, -0.25) is 0 Å². The fraction of sp³-hybridized carbons (Fsp3) is 0.222. The van der Waals surface area contributed by atoms with Crippen LogP contribution >= 0.6 is 12.4 Å². The van der Waals surface area contributed by atoms with Crippen LogP contribution in [0.3, 0.4) is 0 Å². The van der Waals surface area contributed by atoms with Gasteiger partial charge in [0.2, 0.25) is 0 Å². The molecule has 2 aromatic carbocycles. The summed E-state index contributed by atoms with van der Waals surface area (Å²) in [5, 5.41) is 3.39. The summed E-state index contributed by atoms with van der Waals surface area (Å²) in [5.41, 5.74) is 2.09. The van der Waals surface area contributed by atoms with Crippen LogP contribution in [0.15, 0.2) is 55.1 Å². The number of nitrogens with one attached hydrogen (secondary N) is 1. The first kappa shape index (κ1) is 17.0. The van der Waals surface area contributed by atoms with Crippen LogP contribution in [0.25, 0.3) is 0 Å². The van der Waals surface area contributed by atoms with E-state index in [0.29, 0.717) is 26.4 Å². The molecule has 0 atom stereocenters. The molecule has 0 bridgehead atoms. The second-order valence-corrected chi connectivity index (χ2v) is 4.92. The molecule has 0 aromatic heterocycles. The van der Waals surface area contributed by atoms with Gasteiger partial charge in [-0.25, -0.2) is 0 Å². The highest BCUT2D eigenvalue weighted by molar-refractivity contribution is 5.85. The monoisotopic (exact) mass is 333 g/mol. The lowest BCUT2D eigenvalue weighted by molar-refractivity contribution is 0.171. The minimum Gasteiger partial charge on any atom is -0.489 e. The van der Waals surface area contributed by atoms with Crippen molar-refractivity contribution in [1.29, 1.82) is 0 Å². The zero-order valence-electron chi connectivity index (χ0n) is 12.8. The molecule has 122 valence electrons. The Hall–Kier alpha value is -2.33. The Balaban J connectivity index is 0.00000192. The molecule has 0 spiro atoms. The van der Waals surface area contributed by atoms with Crippen LogP contribution < -0.4 is 19.5 Å². The molecule has 0 radical (unpaired) electrons. The molecule has 0 saturated carbocycles. The van der Waals surface area contributed by atoms with Gasteiger partial charge in [-0.1, -0.05) is 30.9 Å². The van der Waals surface area contributed by atoms with E-state index in [-0.39, 0.29) is 12.4 Å². The fourth-order valence-corrected chi connectivity index (χ4v) is 2.29. The van der Waals surface area contributed by atoms with Gasteiger partial charge in [0.15, 0.2) is 11.5 Å². The van der Waals surface area contributed by atoms with Crippen molar-refractivity contribution in [2.24, 2.45) is 0 Å². The third-order valence-electron chi connectivity index (χ3n) is 3.35. The number of ether oxygens (including phenoxy) is 3. The molecule has 1 aliphatic heterocycles. The first-order chi connectivity index (χ1) is 10.9. The van der Waals surface area contributed by atoms with Crippen molar-refractivity contribution in [3.8, 4) is 17.2 Å². The number of para-hydroxylation sites is 1. The maximum Gasteiger partial charge on any atom is 0.163 e. The molecular weight excluding hydrogens is 314 g/mol. The minimum absolute atomic E-state index is 0. The second kappa shape index (κ2) is 8.34. The minimum atomic E-state index is 0. The summed E-state index contributed by atoms with van der Waals surface area (Å²) in [6, 6.07) is 13.8. The Labute approximate surface area is 142 Å². The normalized spacial score (nSPS) is 12.0. The maximum atomic E-state index is 5.66. The van der Waals surface area contributed by atoms with Gasteiger partial charge in [0.05, 0.1) is 0 Å². The molecule has 0 saturated heterocycles. The summed E-state index contributed by atoms with van der Waals surface area (Å²) >= 11 is 0. The molecule has 1 aliphatic rings. The van der Waals surface area contributed by atoms with Crippen molar-refractivity contribution >= 4 is 18.1 Å². The van der Waals surface area contributed by atoms with Crippen molar-refractivity contribution < 1.29 is 14.2 Å². The molecule has 3 rings (SSSR count). The van der Waals surface area contributed by atoms with Crippen molar-refractivity contribution in [3.63, 3.8) is 0 Å². The molecule has 4 nitrogen and oxygen atoms in total. The molecule has 0 unspecified atom stereocenters. The molecule has 5 heteroatoms. The molecular formula is C18H20ClNO3. The van der Waals surface area contributed by atoms with E-state index in [2.05, 4.69) is 11.9 Å². The Morgan fingerprint density at radius 2 is 1.87 bits per heavy atom. The number of hydrogen-bond acceptors (Lipinski definition) is 4. The highest BCUT2D eigenvalue weighted by atomic mass is 35.5. The Bertz CT molecular complexity index is 660. The van der Waals surface area contributed by atoms with E-state index in [1.807, 2.05) is 42.5 Å². The summed E-state index contributed by atoms with van der Waals surface area (Å²) < 4.78 is 16.8. The van der Waals surface area contributed by atoms with Crippen molar-refractivity contribution in [2.75, 3.05) is 25.1 Å². The van der Waals surface area contributed by atoms with Crippen LogP contribution in [0, 0.1) is 0 Å². The Morgan fingerprint density at radius 1 is 1.09 bits per heavy atom. The third-order valence-corrected chi connectivity index (χ3v) is 3.35. The van der Waals surface area contributed by atoms with E-state index >= 15 is 0 Å². The molecule has 1 N–H and O–H groups in total. The number of anilines is 1. The van der Waals surface area contributed by atoms with Crippen molar-refractivity contribution in [3.05, 3.63) is 60.7 Å². The third kappa shape index (κ3) is 4.33. The SMILES string of the molecule is C=CCOc1ccccc1CNc1ccc2c(c1)OCCO2.Cl. The molecule has 23 heavy (non-hydrogen) atoms. The average Bonchev–Trinajstić information content (AvgIpc) is 2.58. The zero-order valence-corrected chi connectivity index (χ0v) is 13.6. The number of hydrogen-bond donors (Lipinski definition) is 1.